The molecule has 1 aromatic carbocycles. The number of ether oxygens (including phenoxy) is 2. The van der Waals surface area contributed by atoms with Crippen molar-refractivity contribution in [1.82, 2.24) is 0 Å². The van der Waals surface area contributed by atoms with Crippen LogP contribution >= 0.6 is 0 Å². The first kappa shape index (κ1) is 17.1. The van der Waals surface area contributed by atoms with Gasteiger partial charge in [0.1, 0.15) is 0 Å². The molecule has 0 bridgehead atoms. The highest BCUT2D eigenvalue weighted by Gasteiger charge is 2.30. The molecule has 0 aliphatic heterocycles. The van der Waals surface area contributed by atoms with E-state index in [1.807, 2.05) is 25.1 Å². The Hall–Kier alpha value is -0.940. The molecule has 0 saturated heterocycles. The molecule has 0 aromatic heterocycles. The minimum Gasteiger partial charge on any atom is -0.396 e. The van der Waals surface area contributed by atoms with Gasteiger partial charge in [0.25, 0.3) is 0 Å². The molecule has 0 heterocycles. The summed E-state index contributed by atoms with van der Waals surface area (Å²) in [6, 6.07) is 10.1. The van der Waals surface area contributed by atoms with Crippen LogP contribution in [0.15, 0.2) is 30.3 Å². The summed E-state index contributed by atoms with van der Waals surface area (Å²) in [7, 11) is 0. The summed E-state index contributed by atoms with van der Waals surface area (Å²) in [4.78, 5) is 0. The zero-order chi connectivity index (χ0) is 14.7. The molecular weight excluding hydrogens is 256 g/mol. The molecule has 114 valence electrons. The largest absolute Gasteiger partial charge is 0.396 e. The van der Waals surface area contributed by atoms with Crippen LogP contribution in [0.4, 0.5) is 0 Å². The van der Waals surface area contributed by atoms with Crippen LogP contribution in [0.5, 0.6) is 0 Å². The molecule has 20 heavy (non-hydrogen) atoms. The molecule has 1 rings (SSSR count). The molecule has 0 radical (unpaired) electrons. The summed E-state index contributed by atoms with van der Waals surface area (Å²) in [6.07, 6.45) is 2.83. The molecule has 1 atom stereocenters. The third kappa shape index (κ3) is 6.01. The molecule has 0 fully saturated rings. The molecule has 0 aliphatic rings. The van der Waals surface area contributed by atoms with Crippen molar-refractivity contribution in [2.75, 3.05) is 26.4 Å². The highest BCUT2D eigenvalue weighted by atomic mass is 16.7. The molecule has 0 aliphatic carbocycles. The van der Waals surface area contributed by atoms with E-state index in [-0.39, 0.29) is 13.2 Å². The number of rotatable bonds is 11. The van der Waals surface area contributed by atoms with Crippen LogP contribution in [0, 0.1) is 0 Å². The lowest BCUT2D eigenvalue weighted by molar-refractivity contribution is -0.256. The van der Waals surface area contributed by atoms with Crippen LogP contribution in [0.1, 0.15) is 31.7 Å². The molecule has 4 heteroatoms. The van der Waals surface area contributed by atoms with Gasteiger partial charge in [-0.15, -0.1) is 0 Å². The molecule has 0 spiro atoms. The van der Waals surface area contributed by atoms with Gasteiger partial charge >= 0.3 is 0 Å². The second-order valence-electron chi connectivity index (χ2n) is 4.77. The SMILES string of the molecule is CCOC(CO)(CCCCO)OCCc1ccccc1. The summed E-state index contributed by atoms with van der Waals surface area (Å²) in [5.74, 6) is -0.932. The van der Waals surface area contributed by atoms with Gasteiger partial charge < -0.3 is 19.7 Å². The standard InChI is InChI=1S/C16H26O4/c1-2-19-16(14-18,11-6-7-12-17)20-13-10-15-8-4-3-5-9-15/h3-5,8-9,17-18H,2,6-7,10-14H2,1H3. The Balaban J connectivity index is 2.46. The average molecular weight is 282 g/mol. The van der Waals surface area contributed by atoms with E-state index < -0.39 is 5.79 Å². The van der Waals surface area contributed by atoms with E-state index in [1.165, 1.54) is 5.56 Å². The van der Waals surface area contributed by atoms with E-state index in [0.717, 1.165) is 12.8 Å². The lowest BCUT2D eigenvalue weighted by Gasteiger charge is -2.32. The highest BCUT2D eigenvalue weighted by molar-refractivity contribution is 5.14. The first-order valence-electron chi connectivity index (χ1n) is 7.30. The molecule has 1 aromatic rings. The normalized spacial score (nSPS) is 14.2. The fourth-order valence-electron chi connectivity index (χ4n) is 2.13. The number of aliphatic hydroxyl groups is 2. The summed E-state index contributed by atoms with van der Waals surface area (Å²) in [5.41, 5.74) is 1.20. The minimum absolute atomic E-state index is 0.150. The van der Waals surface area contributed by atoms with E-state index in [9.17, 15) is 5.11 Å². The fourth-order valence-corrected chi connectivity index (χ4v) is 2.13. The Bertz CT molecular complexity index is 342. The van der Waals surface area contributed by atoms with E-state index in [4.69, 9.17) is 14.6 Å². The lowest BCUT2D eigenvalue weighted by atomic mass is 10.1. The Kier molecular flexibility index (Phi) is 8.46. The van der Waals surface area contributed by atoms with Crippen LogP contribution in [0.3, 0.4) is 0 Å². The topological polar surface area (TPSA) is 58.9 Å². The third-order valence-electron chi connectivity index (χ3n) is 3.21. The van der Waals surface area contributed by atoms with Crippen LogP contribution in [-0.2, 0) is 15.9 Å². The maximum atomic E-state index is 9.59. The van der Waals surface area contributed by atoms with Crippen molar-refractivity contribution in [2.45, 2.75) is 38.4 Å². The maximum absolute atomic E-state index is 9.59. The zero-order valence-electron chi connectivity index (χ0n) is 12.3. The van der Waals surface area contributed by atoms with Crippen molar-refractivity contribution in [1.29, 1.82) is 0 Å². The third-order valence-corrected chi connectivity index (χ3v) is 3.21. The molecule has 4 nitrogen and oxygen atoms in total. The quantitative estimate of drug-likeness (QED) is 0.482. The Morgan fingerprint density at radius 2 is 1.80 bits per heavy atom. The van der Waals surface area contributed by atoms with Gasteiger partial charge in [-0.2, -0.15) is 0 Å². The number of hydrogen-bond acceptors (Lipinski definition) is 4. The van der Waals surface area contributed by atoms with Crippen LogP contribution in [0.2, 0.25) is 0 Å². The van der Waals surface area contributed by atoms with Gasteiger partial charge in [-0.1, -0.05) is 30.3 Å². The van der Waals surface area contributed by atoms with Crippen molar-refractivity contribution in [3.63, 3.8) is 0 Å². The fraction of sp³-hybridized carbons (Fsp3) is 0.625. The van der Waals surface area contributed by atoms with Crippen molar-refractivity contribution in [2.24, 2.45) is 0 Å². The van der Waals surface area contributed by atoms with Gasteiger partial charge in [-0.05, 0) is 31.7 Å². The van der Waals surface area contributed by atoms with Crippen molar-refractivity contribution >= 4 is 0 Å². The van der Waals surface area contributed by atoms with Gasteiger partial charge in [0, 0.05) is 19.6 Å². The smallest absolute Gasteiger partial charge is 0.191 e. The molecule has 0 saturated carbocycles. The van der Waals surface area contributed by atoms with Gasteiger partial charge in [-0.3, -0.25) is 0 Å². The van der Waals surface area contributed by atoms with Gasteiger partial charge in [0.2, 0.25) is 0 Å². The number of hydrogen-bond donors (Lipinski definition) is 2. The van der Waals surface area contributed by atoms with E-state index >= 15 is 0 Å². The first-order valence-corrected chi connectivity index (χ1v) is 7.30. The van der Waals surface area contributed by atoms with E-state index in [0.29, 0.717) is 26.1 Å². The van der Waals surface area contributed by atoms with Gasteiger partial charge in [0.15, 0.2) is 5.79 Å². The summed E-state index contributed by atoms with van der Waals surface area (Å²) < 4.78 is 11.4. The Morgan fingerprint density at radius 3 is 2.40 bits per heavy atom. The molecule has 2 N–H and O–H groups in total. The highest BCUT2D eigenvalue weighted by Crippen LogP contribution is 2.21. The lowest BCUT2D eigenvalue weighted by Crippen LogP contribution is -2.40. The monoisotopic (exact) mass is 282 g/mol. The number of aliphatic hydroxyl groups excluding tert-OH is 2. The van der Waals surface area contributed by atoms with Crippen LogP contribution in [-0.4, -0.2) is 42.4 Å². The van der Waals surface area contributed by atoms with Crippen molar-refractivity contribution in [3.05, 3.63) is 35.9 Å². The summed E-state index contributed by atoms with van der Waals surface area (Å²) in [6.45, 7) is 2.87. The van der Waals surface area contributed by atoms with Crippen molar-refractivity contribution in [3.8, 4) is 0 Å². The van der Waals surface area contributed by atoms with Crippen molar-refractivity contribution < 1.29 is 19.7 Å². The summed E-state index contributed by atoms with van der Waals surface area (Å²) in [5, 5.41) is 18.4. The minimum atomic E-state index is -0.932. The zero-order valence-corrected chi connectivity index (χ0v) is 12.3. The van der Waals surface area contributed by atoms with E-state index in [1.54, 1.807) is 0 Å². The maximum Gasteiger partial charge on any atom is 0.191 e. The summed E-state index contributed by atoms with van der Waals surface area (Å²) >= 11 is 0. The molecule has 0 amide bonds. The predicted octanol–water partition coefficient (Wildman–Crippen LogP) is 2.13. The number of benzene rings is 1. The predicted molar refractivity (Wildman–Crippen MR) is 78.5 cm³/mol. The van der Waals surface area contributed by atoms with E-state index in [2.05, 4.69) is 12.1 Å². The first-order chi connectivity index (χ1) is 9.76. The number of unbranched alkanes of at least 4 members (excludes halogenated alkanes) is 1. The van der Waals surface area contributed by atoms with Crippen LogP contribution in [0.25, 0.3) is 0 Å². The second-order valence-corrected chi connectivity index (χ2v) is 4.77. The molecule has 1 unspecified atom stereocenters. The Labute approximate surface area is 121 Å². The second kappa shape index (κ2) is 9.88. The average Bonchev–Trinajstić information content (AvgIpc) is 2.48. The Morgan fingerprint density at radius 1 is 1.05 bits per heavy atom. The molecular formula is C16H26O4. The van der Waals surface area contributed by atoms with Gasteiger partial charge in [-0.25, -0.2) is 0 Å². The van der Waals surface area contributed by atoms with Crippen LogP contribution < -0.4 is 0 Å². The van der Waals surface area contributed by atoms with Gasteiger partial charge in [0.05, 0.1) is 13.2 Å².